The molecule has 1 aromatic carbocycles. The third kappa shape index (κ3) is 3.95. The largest absolute Gasteiger partial charge is 0.354 e. The molecule has 36 heavy (non-hydrogen) atoms. The Morgan fingerprint density at radius 3 is 2.53 bits per heavy atom. The SMILES string of the molecule is N#Cc1ccc(-c2nc(N3CCC4(CCNC4)CC3)c(F)c(=O)n2-c2ccc(C3CC3)nc2)cc1F. The van der Waals surface area contributed by atoms with E-state index in [0.717, 1.165) is 55.5 Å². The van der Waals surface area contributed by atoms with Crippen molar-refractivity contribution in [1.82, 2.24) is 19.9 Å². The fourth-order valence-corrected chi connectivity index (χ4v) is 5.44. The molecular formula is C27H26F2N6O. The molecule has 0 unspecified atom stereocenters. The number of anilines is 1. The van der Waals surface area contributed by atoms with E-state index in [1.54, 1.807) is 12.1 Å². The molecule has 3 aromatic rings. The standard InChI is InChI=1S/C27H26F2N6O/c28-21-13-18(3-4-19(21)14-30)24-33-25(34-11-8-27(9-12-34)7-10-31-16-27)23(29)26(36)35(24)20-5-6-22(32-15-20)17-1-2-17/h3-6,13,15,17,31H,1-2,7-12,16H2. The van der Waals surface area contributed by atoms with Gasteiger partial charge < -0.3 is 10.2 Å². The van der Waals surface area contributed by atoms with Crippen LogP contribution in [0, 0.1) is 28.4 Å². The minimum absolute atomic E-state index is 0.0145. The maximum atomic E-state index is 15.6. The molecule has 0 bridgehead atoms. The van der Waals surface area contributed by atoms with Crippen molar-refractivity contribution in [1.29, 1.82) is 5.26 Å². The lowest BCUT2D eigenvalue weighted by atomic mass is 9.78. The van der Waals surface area contributed by atoms with E-state index in [2.05, 4.69) is 15.3 Å². The summed E-state index contributed by atoms with van der Waals surface area (Å²) in [6, 6.07) is 9.41. The number of rotatable bonds is 4. The molecule has 6 rings (SSSR count). The highest BCUT2D eigenvalue weighted by molar-refractivity contribution is 5.62. The Labute approximate surface area is 207 Å². The number of nitrogens with one attached hydrogen (secondary N) is 1. The third-order valence-electron chi connectivity index (χ3n) is 7.84. The molecule has 7 nitrogen and oxygen atoms in total. The lowest BCUT2D eigenvalue weighted by molar-refractivity contribution is 0.246. The van der Waals surface area contributed by atoms with Crippen molar-refractivity contribution in [2.75, 3.05) is 31.1 Å². The summed E-state index contributed by atoms with van der Waals surface area (Å²) >= 11 is 0. The Bertz CT molecular complexity index is 1410. The van der Waals surface area contributed by atoms with Gasteiger partial charge in [0, 0.05) is 36.8 Å². The molecule has 0 atom stereocenters. The van der Waals surface area contributed by atoms with Crippen molar-refractivity contribution in [2.24, 2.45) is 5.41 Å². The zero-order valence-electron chi connectivity index (χ0n) is 19.8. The third-order valence-corrected chi connectivity index (χ3v) is 7.84. The number of nitrogens with zero attached hydrogens (tertiary/aromatic N) is 5. The average molecular weight is 489 g/mol. The van der Waals surface area contributed by atoms with E-state index in [9.17, 15) is 9.18 Å². The van der Waals surface area contributed by atoms with Gasteiger partial charge in [0.2, 0.25) is 5.82 Å². The predicted octanol–water partition coefficient (Wildman–Crippen LogP) is 3.90. The number of piperidine rings is 1. The Morgan fingerprint density at radius 2 is 1.92 bits per heavy atom. The summed E-state index contributed by atoms with van der Waals surface area (Å²) in [6.07, 6.45) is 6.57. The number of nitriles is 1. The van der Waals surface area contributed by atoms with Crippen LogP contribution in [0.4, 0.5) is 14.6 Å². The number of aromatic nitrogens is 3. The summed E-state index contributed by atoms with van der Waals surface area (Å²) in [5.74, 6) is -1.13. The first kappa shape index (κ1) is 22.8. The fourth-order valence-electron chi connectivity index (χ4n) is 5.44. The van der Waals surface area contributed by atoms with Gasteiger partial charge in [-0.3, -0.25) is 14.3 Å². The van der Waals surface area contributed by atoms with Crippen LogP contribution >= 0.6 is 0 Å². The second-order valence-electron chi connectivity index (χ2n) is 10.1. The molecule has 2 aromatic heterocycles. The van der Waals surface area contributed by atoms with Crippen molar-refractivity contribution < 1.29 is 8.78 Å². The summed E-state index contributed by atoms with van der Waals surface area (Å²) in [4.78, 5) is 24.4. The Morgan fingerprint density at radius 1 is 1.11 bits per heavy atom. The molecule has 0 radical (unpaired) electrons. The quantitative estimate of drug-likeness (QED) is 0.600. The minimum atomic E-state index is -0.931. The highest BCUT2D eigenvalue weighted by Crippen LogP contribution is 2.40. The van der Waals surface area contributed by atoms with Gasteiger partial charge in [0.25, 0.3) is 5.56 Å². The van der Waals surface area contributed by atoms with Crippen molar-refractivity contribution in [3.63, 3.8) is 0 Å². The second-order valence-corrected chi connectivity index (χ2v) is 10.1. The number of halogens is 2. The van der Waals surface area contributed by atoms with Gasteiger partial charge in [-0.15, -0.1) is 0 Å². The zero-order chi connectivity index (χ0) is 24.9. The first-order valence-corrected chi connectivity index (χ1v) is 12.4. The van der Waals surface area contributed by atoms with Crippen LogP contribution in [0.5, 0.6) is 0 Å². The molecule has 1 saturated carbocycles. The molecule has 9 heteroatoms. The molecular weight excluding hydrogens is 462 g/mol. The maximum Gasteiger partial charge on any atom is 0.296 e. The van der Waals surface area contributed by atoms with Crippen LogP contribution in [0.3, 0.4) is 0 Å². The van der Waals surface area contributed by atoms with E-state index in [0.29, 0.717) is 24.7 Å². The summed E-state index contributed by atoms with van der Waals surface area (Å²) in [5, 5.41) is 12.6. The predicted molar refractivity (Wildman–Crippen MR) is 131 cm³/mol. The lowest BCUT2D eigenvalue weighted by Gasteiger charge is -2.39. The number of hydrogen-bond donors (Lipinski definition) is 1. The van der Waals surface area contributed by atoms with E-state index < -0.39 is 17.2 Å². The topological polar surface area (TPSA) is 86.8 Å². The smallest absolute Gasteiger partial charge is 0.296 e. The summed E-state index contributed by atoms with van der Waals surface area (Å²) < 4.78 is 31.4. The van der Waals surface area contributed by atoms with Crippen molar-refractivity contribution in [3.05, 3.63) is 69.8 Å². The van der Waals surface area contributed by atoms with Gasteiger partial charge in [-0.1, -0.05) is 0 Å². The molecule has 1 N–H and O–H groups in total. The van der Waals surface area contributed by atoms with Gasteiger partial charge >= 0.3 is 0 Å². The van der Waals surface area contributed by atoms with Gasteiger partial charge in [-0.25, -0.2) is 9.37 Å². The van der Waals surface area contributed by atoms with Crippen LogP contribution in [0.25, 0.3) is 17.1 Å². The van der Waals surface area contributed by atoms with Gasteiger partial charge in [-0.05, 0) is 74.4 Å². The molecule has 2 saturated heterocycles. The molecule has 1 spiro atoms. The van der Waals surface area contributed by atoms with Crippen LogP contribution in [-0.4, -0.2) is 40.7 Å². The van der Waals surface area contributed by atoms with Gasteiger partial charge in [0.15, 0.2) is 5.82 Å². The number of benzene rings is 1. The molecule has 3 aliphatic rings. The van der Waals surface area contributed by atoms with Crippen LogP contribution in [0.1, 0.15) is 49.3 Å². The van der Waals surface area contributed by atoms with Gasteiger partial charge in [0.1, 0.15) is 17.7 Å². The average Bonchev–Trinajstić information content (AvgIpc) is 3.66. The maximum absolute atomic E-state index is 15.6. The normalized spacial score (nSPS) is 19.0. The van der Waals surface area contributed by atoms with Gasteiger partial charge in [0.05, 0.1) is 17.4 Å². The first-order valence-electron chi connectivity index (χ1n) is 12.4. The summed E-state index contributed by atoms with van der Waals surface area (Å²) in [5.41, 5.74) is 0.823. The van der Waals surface area contributed by atoms with Gasteiger partial charge in [-0.2, -0.15) is 9.65 Å². The Hall–Kier alpha value is -3.64. The van der Waals surface area contributed by atoms with E-state index in [-0.39, 0.29) is 28.2 Å². The summed E-state index contributed by atoms with van der Waals surface area (Å²) in [6.45, 7) is 3.13. The monoisotopic (exact) mass is 488 g/mol. The molecule has 4 heterocycles. The molecule has 0 amide bonds. The minimum Gasteiger partial charge on any atom is -0.354 e. The van der Waals surface area contributed by atoms with Crippen LogP contribution < -0.4 is 15.8 Å². The van der Waals surface area contributed by atoms with Crippen LogP contribution in [0.15, 0.2) is 41.3 Å². The molecule has 2 aliphatic heterocycles. The van der Waals surface area contributed by atoms with E-state index >= 15 is 4.39 Å². The first-order chi connectivity index (χ1) is 17.5. The van der Waals surface area contributed by atoms with Crippen molar-refractivity contribution in [3.8, 4) is 23.1 Å². The highest BCUT2D eigenvalue weighted by Gasteiger charge is 2.38. The second kappa shape index (κ2) is 8.79. The zero-order valence-corrected chi connectivity index (χ0v) is 19.8. The van der Waals surface area contributed by atoms with Crippen molar-refractivity contribution in [2.45, 2.75) is 38.0 Å². The Kier molecular flexibility index (Phi) is 5.56. The Balaban J connectivity index is 1.45. The molecule has 184 valence electrons. The number of hydrogen-bond acceptors (Lipinski definition) is 6. The van der Waals surface area contributed by atoms with E-state index in [4.69, 9.17) is 5.26 Å². The van der Waals surface area contributed by atoms with Crippen molar-refractivity contribution >= 4 is 5.82 Å². The number of pyridine rings is 1. The van der Waals surface area contributed by atoms with Crippen LogP contribution in [-0.2, 0) is 0 Å². The molecule has 1 aliphatic carbocycles. The van der Waals surface area contributed by atoms with E-state index in [1.165, 1.54) is 24.4 Å². The van der Waals surface area contributed by atoms with E-state index in [1.807, 2.05) is 11.0 Å². The summed E-state index contributed by atoms with van der Waals surface area (Å²) in [7, 11) is 0. The fraction of sp³-hybridized carbons (Fsp3) is 0.407. The highest BCUT2D eigenvalue weighted by atomic mass is 19.1. The van der Waals surface area contributed by atoms with Crippen LogP contribution in [0.2, 0.25) is 0 Å². The lowest BCUT2D eigenvalue weighted by Crippen LogP contribution is -2.43. The molecule has 3 fully saturated rings.